The average Bonchev–Trinajstić information content (AvgIpc) is 2.21. The first kappa shape index (κ1) is 13.6. The molecule has 2 heteroatoms. The molecule has 0 aliphatic heterocycles. The summed E-state index contributed by atoms with van der Waals surface area (Å²) >= 11 is 0. The average molecular weight is 202 g/mol. The number of allylic oxidation sites excluding steroid dienone is 1. The van der Waals surface area contributed by atoms with Crippen LogP contribution in [0.5, 0.6) is 0 Å². The third-order valence-corrected chi connectivity index (χ3v) is 2.42. The zero-order valence-electron chi connectivity index (χ0n) is 9.43. The van der Waals surface area contributed by atoms with Crippen LogP contribution in [0.3, 0.4) is 0 Å². The Kier molecular flexibility index (Phi) is 8.95. The first-order chi connectivity index (χ1) is 6.74. The second-order valence-corrected chi connectivity index (χ2v) is 3.82. The molecular weight excluding hydrogens is 179 g/mol. The highest BCUT2D eigenvalue weighted by Gasteiger charge is 2.06. The second-order valence-electron chi connectivity index (χ2n) is 3.82. The number of rotatable bonds is 8. The Morgan fingerprint density at radius 1 is 1.21 bits per heavy atom. The van der Waals surface area contributed by atoms with E-state index in [9.17, 15) is 4.39 Å². The van der Waals surface area contributed by atoms with E-state index in [1.165, 1.54) is 0 Å². The largest absolute Gasteiger partial charge is 0.389 e. The van der Waals surface area contributed by atoms with Crippen LogP contribution in [0.15, 0.2) is 11.9 Å². The lowest BCUT2D eigenvalue weighted by atomic mass is 9.95. The van der Waals surface area contributed by atoms with E-state index >= 15 is 0 Å². The van der Waals surface area contributed by atoms with E-state index < -0.39 is 6.61 Å². The lowest BCUT2D eigenvalue weighted by molar-refractivity contribution is 0.294. The topological polar surface area (TPSA) is 20.2 Å². The lowest BCUT2D eigenvalue weighted by Crippen LogP contribution is -1.99. The van der Waals surface area contributed by atoms with E-state index in [0.29, 0.717) is 5.92 Å². The summed E-state index contributed by atoms with van der Waals surface area (Å²) in [5, 5.41) is 8.59. The van der Waals surface area contributed by atoms with Crippen molar-refractivity contribution in [2.75, 3.05) is 6.61 Å². The monoisotopic (exact) mass is 202 g/mol. The van der Waals surface area contributed by atoms with Gasteiger partial charge in [0, 0.05) is 0 Å². The summed E-state index contributed by atoms with van der Waals surface area (Å²) in [5.74, 6) is -0.0516. The third kappa shape index (κ3) is 7.07. The summed E-state index contributed by atoms with van der Waals surface area (Å²) in [4.78, 5) is 0. The number of unbranched alkanes of at least 4 members (excludes halogenated alkanes) is 2. The maximum absolute atomic E-state index is 12.8. The van der Waals surface area contributed by atoms with Crippen LogP contribution < -0.4 is 0 Å². The van der Waals surface area contributed by atoms with Crippen molar-refractivity contribution in [2.45, 2.75) is 52.4 Å². The van der Waals surface area contributed by atoms with Gasteiger partial charge >= 0.3 is 0 Å². The molecule has 84 valence electrons. The normalized spacial score (nSPS) is 12.5. The summed E-state index contributed by atoms with van der Waals surface area (Å²) in [5.41, 5.74) is 0. The summed E-state index contributed by atoms with van der Waals surface area (Å²) in [6.45, 7) is 3.83. The fourth-order valence-electron chi connectivity index (χ4n) is 1.55. The van der Waals surface area contributed by atoms with Gasteiger partial charge < -0.3 is 5.11 Å². The Hall–Kier alpha value is -0.370. The van der Waals surface area contributed by atoms with E-state index in [4.69, 9.17) is 5.11 Å². The first-order valence-electron chi connectivity index (χ1n) is 5.71. The van der Waals surface area contributed by atoms with Gasteiger partial charge in [-0.1, -0.05) is 39.5 Å². The quantitative estimate of drug-likeness (QED) is 0.634. The van der Waals surface area contributed by atoms with Crippen molar-refractivity contribution in [3.8, 4) is 0 Å². The highest BCUT2D eigenvalue weighted by atomic mass is 19.1. The fraction of sp³-hybridized carbons (Fsp3) is 0.833. The Bertz CT molecular complexity index is 146. The Morgan fingerprint density at radius 3 is 2.07 bits per heavy atom. The molecule has 0 heterocycles. The van der Waals surface area contributed by atoms with Crippen molar-refractivity contribution in [1.82, 2.24) is 0 Å². The Morgan fingerprint density at radius 2 is 1.71 bits per heavy atom. The van der Waals surface area contributed by atoms with Crippen LogP contribution in [0.4, 0.5) is 4.39 Å². The molecule has 1 nitrogen and oxygen atoms in total. The van der Waals surface area contributed by atoms with Gasteiger partial charge in [0.05, 0.1) is 6.61 Å². The van der Waals surface area contributed by atoms with E-state index in [1.807, 2.05) is 0 Å². The molecule has 0 aromatic carbocycles. The summed E-state index contributed by atoms with van der Waals surface area (Å²) < 4.78 is 12.8. The predicted octanol–water partition coefficient (Wildman–Crippen LogP) is 3.83. The maximum atomic E-state index is 12.8. The van der Waals surface area contributed by atoms with Gasteiger partial charge in [-0.3, -0.25) is 0 Å². The Balaban J connectivity index is 3.95. The first-order valence-corrected chi connectivity index (χ1v) is 5.71. The van der Waals surface area contributed by atoms with E-state index in [0.717, 1.165) is 38.5 Å². The SMILES string of the molecule is CCCCC(/C=C(\F)CO)CCCC. The molecule has 0 aliphatic rings. The van der Waals surface area contributed by atoms with Gasteiger partial charge in [-0.2, -0.15) is 0 Å². The molecule has 0 saturated heterocycles. The number of hydrogen-bond donors (Lipinski definition) is 1. The minimum absolute atomic E-state index is 0.321. The van der Waals surface area contributed by atoms with Crippen molar-refractivity contribution >= 4 is 0 Å². The van der Waals surface area contributed by atoms with Gasteiger partial charge in [0.2, 0.25) is 0 Å². The van der Waals surface area contributed by atoms with Gasteiger partial charge in [0.15, 0.2) is 0 Å². The van der Waals surface area contributed by atoms with Crippen molar-refractivity contribution < 1.29 is 9.50 Å². The molecule has 0 aliphatic carbocycles. The van der Waals surface area contributed by atoms with Gasteiger partial charge in [-0.25, -0.2) is 4.39 Å². The van der Waals surface area contributed by atoms with E-state index in [-0.39, 0.29) is 5.83 Å². The zero-order chi connectivity index (χ0) is 10.8. The molecular formula is C12H23FO. The molecule has 0 fully saturated rings. The summed E-state index contributed by atoms with van der Waals surface area (Å²) in [6, 6.07) is 0. The molecule has 14 heavy (non-hydrogen) atoms. The zero-order valence-corrected chi connectivity index (χ0v) is 9.43. The van der Waals surface area contributed by atoms with Crippen LogP contribution in [0, 0.1) is 5.92 Å². The van der Waals surface area contributed by atoms with Crippen LogP contribution in [-0.2, 0) is 0 Å². The third-order valence-electron chi connectivity index (χ3n) is 2.42. The molecule has 0 aromatic rings. The number of halogens is 1. The van der Waals surface area contributed by atoms with Crippen LogP contribution >= 0.6 is 0 Å². The number of aliphatic hydroxyl groups is 1. The Labute approximate surface area is 87.0 Å². The van der Waals surface area contributed by atoms with Crippen LogP contribution in [0.2, 0.25) is 0 Å². The van der Waals surface area contributed by atoms with Crippen molar-refractivity contribution in [3.05, 3.63) is 11.9 Å². The minimum atomic E-state index is -0.450. The van der Waals surface area contributed by atoms with Gasteiger partial charge in [0.1, 0.15) is 5.83 Å². The van der Waals surface area contributed by atoms with E-state index in [2.05, 4.69) is 13.8 Å². The van der Waals surface area contributed by atoms with Gasteiger partial charge in [-0.05, 0) is 24.8 Å². The molecule has 0 atom stereocenters. The lowest BCUT2D eigenvalue weighted by Gasteiger charge is -2.11. The fourth-order valence-corrected chi connectivity index (χ4v) is 1.55. The second kappa shape index (κ2) is 9.20. The van der Waals surface area contributed by atoms with Crippen molar-refractivity contribution in [2.24, 2.45) is 5.92 Å². The highest BCUT2D eigenvalue weighted by Crippen LogP contribution is 2.19. The molecule has 0 saturated carbocycles. The van der Waals surface area contributed by atoms with Crippen LogP contribution in [0.25, 0.3) is 0 Å². The van der Waals surface area contributed by atoms with Crippen LogP contribution in [-0.4, -0.2) is 11.7 Å². The molecule has 0 spiro atoms. The minimum Gasteiger partial charge on any atom is -0.389 e. The standard InChI is InChI=1S/C12H23FO/c1-3-5-7-11(8-6-4-2)9-12(13)10-14/h9,11,14H,3-8,10H2,1-2H3/b12-9-. The van der Waals surface area contributed by atoms with Crippen molar-refractivity contribution in [1.29, 1.82) is 0 Å². The molecule has 0 amide bonds. The van der Waals surface area contributed by atoms with Gasteiger partial charge in [0.25, 0.3) is 0 Å². The van der Waals surface area contributed by atoms with Gasteiger partial charge in [-0.15, -0.1) is 0 Å². The molecule has 0 bridgehead atoms. The smallest absolute Gasteiger partial charge is 0.122 e. The predicted molar refractivity (Wildman–Crippen MR) is 58.8 cm³/mol. The molecule has 0 radical (unpaired) electrons. The summed E-state index contributed by atoms with van der Waals surface area (Å²) in [6.07, 6.45) is 8.28. The van der Waals surface area contributed by atoms with Crippen LogP contribution in [0.1, 0.15) is 52.4 Å². The molecule has 0 aromatic heterocycles. The molecule has 0 unspecified atom stereocenters. The maximum Gasteiger partial charge on any atom is 0.122 e. The van der Waals surface area contributed by atoms with Crippen molar-refractivity contribution in [3.63, 3.8) is 0 Å². The molecule has 1 N–H and O–H groups in total. The van der Waals surface area contributed by atoms with E-state index in [1.54, 1.807) is 6.08 Å². The molecule has 0 rings (SSSR count). The number of aliphatic hydroxyl groups excluding tert-OH is 1. The highest BCUT2D eigenvalue weighted by molar-refractivity contribution is 4.95. The number of hydrogen-bond acceptors (Lipinski definition) is 1. The summed E-state index contributed by atoms with van der Waals surface area (Å²) in [7, 11) is 0.